The minimum atomic E-state index is -3.41. The van der Waals surface area contributed by atoms with Gasteiger partial charge in [0, 0.05) is 32.9 Å². The maximum absolute atomic E-state index is 12.7. The number of hydrogen-bond acceptors (Lipinski definition) is 4. The molecule has 0 amide bonds. The van der Waals surface area contributed by atoms with E-state index in [4.69, 9.17) is 9.47 Å². The highest BCUT2D eigenvalue weighted by Gasteiger charge is 2.56. The summed E-state index contributed by atoms with van der Waals surface area (Å²) < 4.78 is 38.3. The summed E-state index contributed by atoms with van der Waals surface area (Å²) in [6, 6.07) is 7.02. The van der Waals surface area contributed by atoms with Crippen molar-refractivity contribution in [3.63, 3.8) is 0 Å². The predicted octanol–water partition coefficient (Wildman–Crippen LogP) is 2.20. The molecule has 0 N–H and O–H groups in total. The van der Waals surface area contributed by atoms with E-state index in [1.54, 1.807) is 12.1 Å². The maximum atomic E-state index is 12.7. The Labute approximate surface area is 138 Å². The van der Waals surface area contributed by atoms with Crippen LogP contribution in [-0.4, -0.2) is 51.2 Å². The molecule has 2 saturated heterocycles. The van der Waals surface area contributed by atoms with Crippen molar-refractivity contribution in [1.82, 2.24) is 4.31 Å². The Morgan fingerprint density at radius 3 is 2.65 bits per heavy atom. The molecule has 2 fully saturated rings. The molecule has 2 aliphatic rings. The second-order valence-corrected chi connectivity index (χ2v) is 8.41. The average molecular weight is 339 g/mol. The third-order valence-electron chi connectivity index (χ3n) is 4.96. The first-order chi connectivity index (χ1) is 11.0. The zero-order valence-electron chi connectivity index (χ0n) is 13.8. The molecule has 128 valence electrons. The van der Waals surface area contributed by atoms with E-state index in [9.17, 15) is 8.42 Å². The number of rotatable bonds is 6. The number of nitrogens with zero attached hydrogens (tertiary/aromatic N) is 1. The third kappa shape index (κ3) is 3.18. The lowest BCUT2D eigenvalue weighted by atomic mass is 9.80. The molecular formula is C17H25NO4S. The molecule has 0 aromatic heterocycles. The highest BCUT2D eigenvalue weighted by Crippen LogP contribution is 2.43. The maximum Gasteiger partial charge on any atom is 0.243 e. The highest BCUT2D eigenvalue weighted by molar-refractivity contribution is 7.89. The fraction of sp³-hybridized carbons (Fsp3) is 0.647. The summed E-state index contributed by atoms with van der Waals surface area (Å²) in [5.74, 6) is 0.388. The van der Waals surface area contributed by atoms with E-state index in [-0.39, 0.29) is 5.60 Å². The molecule has 0 radical (unpaired) electrons. The second-order valence-electron chi connectivity index (χ2n) is 6.47. The highest BCUT2D eigenvalue weighted by atomic mass is 32.2. The monoisotopic (exact) mass is 339 g/mol. The Kier molecular flexibility index (Phi) is 4.78. The molecule has 1 spiro atoms. The molecule has 0 unspecified atom stereocenters. The van der Waals surface area contributed by atoms with Crippen molar-refractivity contribution >= 4 is 10.0 Å². The van der Waals surface area contributed by atoms with E-state index < -0.39 is 10.0 Å². The molecule has 2 aliphatic heterocycles. The smallest absolute Gasteiger partial charge is 0.243 e. The minimum Gasteiger partial charge on any atom is -0.382 e. The second kappa shape index (κ2) is 6.51. The SMILES string of the molecule is CCOCC[C@H]1CCOC12CN(S(=O)(=O)c1ccc(C)cc1)C2. The van der Waals surface area contributed by atoms with Gasteiger partial charge in [0.05, 0.1) is 10.5 Å². The Morgan fingerprint density at radius 1 is 1.30 bits per heavy atom. The number of benzene rings is 1. The molecule has 0 bridgehead atoms. The molecule has 1 aromatic rings. The van der Waals surface area contributed by atoms with Crippen LogP contribution in [0.2, 0.25) is 0 Å². The van der Waals surface area contributed by atoms with E-state index in [0.29, 0.717) is 30.5 Å². The molecule has 0 aliphatic carbocycles. The Hall–Kier alpha value is -0.950. The number of hydrogen-bond donors (Lipinski definition) is 0. The van der Waals surface area contributed by atoms with Gasteiger partial charge in [-0.15, -0.1) is 0 Å². The first kappa shape index (κ1) is 16.9. The van der Waals surface area contributed by atoms with Crippen molar-refractivity contribution in [2.24, 2.45) is 5.92 Å². The fourth-order valence-corrected chi connectivity index (χ4v) is 5.05. The summed E-state index contributed by atoms with van der Waals surface area (Å²) in [6.07, 6.45) is 1.93. The van der Waals surface area contributed by atoms with Crippen LogP contribution in [0.4, 0.5) is 0 Å². The van der Waals surface area contributed by atoms with Crippen molar-refractivity contribution in [3.05, 3.63) is 29.8 Å². The summed E-state index contributed by atoms with van der Waals surface area (Å²) in [7, 11) is -3.41. The Bertz CT molecular complexity index is 635. The van der Waals surface area contributed by atoms with Gasteiger partial charge in [0.2, 0.25) is 10.0 Å². The molecule has 5 nitrogen and oxygen atoms in total. The average Bonchev–Trinajstić information content (AvgIpc) is 2.90. The number of aryl methyl sites for hydroxylation is 1. The van der Waals surface area contributed by atoms with E-state index in [1.165, 1.54) is 4.31 Å². The molecule has 6 heteroatoms. The van der Waals surface area contributed by atoms with Gasteiger partial charge in [-0.05, 0) is 44.7 Å². The summed E-state index contributed by atoms with van der Waals surface area (Å²) in [5.41, 5.74) is 0.758. The van der Waals surface area contributed by atoms with Crippen LogP contribution in [0.3, 0.4) is 0 Å². The van der Waals surface area contributed by atoms with Crippen molar-refractivity contribution in [1.29, 1.82) is 0 Å². The van der Waals surface area contributed by atoms with Gasteiger partial charge in [-0.2, -0.15) is 4.31 Å². The van der Waals surface area contributed by atoms with Gasteiger partial charge in [-0.25, -0.2) is 8.42 Å². The quantitative estimate of drug-likeness (QED) is 0.746. The Balaban J connectivity index is 1.66. The van der Waals surface area contributed by atoms with Crippen LogP contribution in [0, 0.1) is 12.8 Å². The van der Waals surface area contributed by atoms with Crippen molar-refractivity contribution in [2.45, 2.75) is 37.2 Å². The standard InChI is InChI=1S/C17H25NO4S/c1-3-21-10-8-15-9-11-22-17(15)12-18(13-17)23(19,20)16-6-4-14(2)5-7-16/h4-7,15H,3,8-13H2,1-2H3/t15-/m0/s1. The van der Waals surface area contributed by atoms with Crippen LogP contribution >= 0.6 is 0 Å². The van der Waals surface area contributed by atoms with Crippen LogP contribution in [0.15, 0.2) is 29.2 Å². The van der Waals surface area contributed by atoms with Crippen LogP contribution in [0.25, 0.3) is 0 Å². The number of sulfonamides is 1. The van der Waals surface area contributed by atoms with Crippen LogP contribution < -0.4 is 0 Å². The van der Waals surface area contributed by atoms with Gasteiger partial charge in [0.25, 0.3) is 0 Å². The van der Waals surface area contributed by atoms with E-state index in [2.05, 4.69) is 0 Å². The largest absolute Gasteiger partial charge is 0.382 e. The van der Waals surface area contributed by atoms with E-state index in [1.807, 2.05) is 26.0 Å². The van der Waals surface area contributed by atoms with Crippen molar-refractivity contribution in [3.8, 4) is 0 Å². The fourth-order valence-electron chi connectivity index (χ4n) is 3.49. The van der Waals surface area contributed by atoms with Gasteiger partial charge in [-0.1, -0.05) is 17.7 Å². The molecule has 2 heterocycles. The summed E-state index contributed by atoms with van der Waals surface area (Å²) in [5, 5.41) is 0. The van der Waals surface area contributed by atoms with Gasteiger partial charge in [0.1, 0.15) is 0 Å². The van der Waals surface area contributed by atoms with Crippen molar-refractivity contribution in [2.75, 3.05) is 32.9 Å². The van der Waals surface area contributed by atoms with Crippen LogP contribution in [0.1, 0.15) is 25.3 Å². The molecule has 23 heavy (non-hydrogen) atoms. The minimum absolute atomic E-state index is 0.297. The molecule has 1 atom stereocenters. The zero-order valence-corrected chi connectivity index (χ0v) is 14.6. The molecule has 0 saturated carbocycles. The third-order valence-corrected chi connectivity index (χ3v) is 6.77. The Morgan fingerprint density at radius 2 is 2.00 bits per heavy atom. The molecular weight excluding hydrogens is 314 g/mol. The summed E-state index contributed by atoms with van der Waals surface area (Å²) in [4.78, 5) is 0.363. The van der Waals surface area contributed by atoms with Gasteiger partial charge in [-0.3, -0.25) is 0 Å². The zero-order chi connectivity index (χ0) is 16.5. The summed E-state index contributed by atoms with van der Waals surface area (Å²) in [6.45, 7) is 7.01. The van der Waals surface area contributed by atoms with Crippen LogP contribution in [-0.2, 0) is 19.5 Å². The van der Waals surface area contributed by atoms with Gasteiger partial charge >= 0.3 is 0 Å². The van der Waals surface area contributed by atoms with E-state index >= 15 is 0 Å². The topological polar surface area (TPSA) is 55.8 Å². The van der Waals surface area contributed by atoms with Gasteiger partial charge < -0.3 is 9.47 Å². The number of ether oxygens (including phenoxy) is 2. The van der Waals surface area contributed by atoms with Crippen LogP contribution in [0.5, 0.6) is 0 Å². The summed E-state index contributed by atoms with van der Waals surface area (Å²) >= 11 is 0. The van der Waals surface area contributed by atoms with E-state index in [0.717, 1.165) is 31.6 Å². The molecule has 1 aromatic carbocycles. The first-order valence-electron chi connectivity index (χ1n) is 8.26. The normalized spacial score (nSPS) is 24.0. The van der Waals surface area contributed by atoms with Gasteiger partial charge in [0.15, 0.2) is 0 Å². The van der Waals surface area contributed by atoms with Crippen molar-refractivity contribution < 1.29 is 17.9 Å². The lowest BCUT2D eigenvalue weighted by molar-refractivity contribution is -0.105. The predicted molar refractivity (Wildman–Crippen MR) is 87.8 cm³/mol. The lowest BCUT2D eigenvalue weighted by Crippen LogP contribution is -2.65. The molecule has 3 rings (SSSR count). The first-order valence-corrected chi connectivity index (χ1v) is 9.70. The lowest BCUT2D eigenvalue weighted by Gasteiger charge is -2.49.